The van der Waals surface area contributed by atoms with Crippen LogP contribution in [0.5, 0.6) is 0 Å². The van der Waals surface area contributed by atoms with Crippen LogP contribution in [0.3, 0.4) is 0 Å². The Balaban J connectivity index is 2.11. The van der Waals surface area contributed by atoms with Crippen LogP contribution in [0, 0.1) is 16.7 Å². The molecule has 5 atom stereocenters. The molecule has 0 radical (unpaired) electrons. The largest absolute Gasteiger partial charge is 0.465 e. The van der Waals surface area contributed by atoms with Gasteiger partial charge in [0.1, 0.15) is 0 Å². The Hall–Kier alpha value is -0.870. The molecule has 0 aromatic heterocycles. The van der Waals surface area contributed by atoms with Gasteiger partial charge in [-0.2, -0.15) is 0 Å². The molecule has 2 saturated carbocycles. The Bertz CT molecular complexity index is 442. The molecule has 3 rings (SSSR count). The van der Waals surface area contributed by atoms with Crippen molar-refractivity contribution < 1.29 is 19.7 Å². The van der Waals surface area contributed by atoms with Gasteiger partial charge in [0.05, 0.1) is 24.2 Å². The van der Waals surface area contributed by atoms with Crippen molar-refractivity contribution in [2.75, 3.05) is 6.61 Å². The smallest absolute Gasteiger partial charge is 0.315 e. The topological polar surface area (TPSA) is 66.8 Å². The second-order valence-electron chi connectivity index (χ2n) is 6.85. The minimum absolute atomic E-state index is 0.213. The Labute approximate surface area is 119 Å². The molecule has 0 bridgehead atoms. The molecule has 2 N–H and O–H groups in total. The predicted octanol–water partition coefficient (Wildman–Crippen LogP) is 1.80. The van der Waals surface area contributed by atoms with Gasteiger partial charge in [-0.15, -0.1) is 0 Å². The molecule has 0 amide bonds. The molecule has 2 aliphatic carbocycles. The van der Waals surface area contributed by atoms with Crippen molar-refractivity contribution in [3.05, 3.63) is 12.2 Å². The van der Waals surface area contributed by atoms with E-state index in [1.54, 1.807) is 0 Å². The highest BCUT2D eigenvalue weighted by Crippen LogP contribution is 2.64. The van der Waals surface area contributed by atoms with Crippen molar-refractivity contribution in [1.82, 2.24) is 0 Å². The summed E-state index contributed by atoms with van der Waals surface area (Å²) in [6.07, 6.45) is 3.20. The van der Waals surface area contributed by atoms with E-state index in [0.29, 0.717) is 19.3 Å². The summed E-state index contributed by atoms with van der Waals surface area (Å²) < 4.78 is 5.28. The highest BCUT2D eigenvalue weighted by Gasteiger charge is 2.66. The van der Waals surface area contributed by atoms with E-state index in [-0.39, 0.29) is 23.9 Å². The maximum atomic E-state index is 12.5. The third-order valence-corrected chi connectivity index (χ3v) is 6.08. The van der Waals surface area contributed by atoms with Crippen molar-refractivity contribution in [3.63, 3.8) is 0 Å². The number of cyclic esters (lactones) is 1. The highest BCUT2D eigenvalue weighted by atomic mass is 16.5. The molecule has 112 valence electrons. The van der Waals surface area contributed by atoms with E-state index >= 15 is 0 Å². The third-order valence-electron chi connectivity index (χ3n) is 6.08. The van der Waals surface area contributed by atoms with Crippen molar-refractivity contribution in [3.8, 4) is 0 Å². The fraction of sp³-hybridized carbons (Fsp3) is 0.812. The standard InChI is InChI=1S/C16H24O4/c1-10(2)15-6-3-7-16(13(15)11(17)4-8-15)12(18)5-9-20-14(16)19/h11-13,17-18H,1,3-9H2,2H3/t11-,12+,13+,15-,16-/m0/s1. The first-order chi connectivity index (χ1) is 9.45. The number of rotatable bonds is 1. The number of ether oxygens (including phenoxy) is 1. The molecule has 1 spiro atoms. The van der Waals surface area contributed by atoms with Gasteiger partial charge in [-0.3, -0.25) is 4.79 Å². The van der Waals surface area contributed by atoms with E-state index in [4.69, 9.17) is 4.74 Å². The number of carbonyl (C=O) groups is 1. The molecule has 4 nitrogen and oxygen atoms in total. The quantitative estimate of drug-likeness (QED) is 0.568. The molecule has 4 heteroatoms. The summed E-state index contributed by atoms with van der Waals surface area (Å²) in [6, 6.07) is 0. The van der Waals surface area contributed by atoms with Gasteiger partial charge in [-0.05, 0) is 38.0 Å². The fourth-order valence-corrected chi connectivity index (χ4v) is 5.15. The molecule has 3 fully saturated rings. The van der Waals surface area contributed by atoms with Gasteiger partial charge >= 0.3 is 5.97 Å². The molecule has 1 heterocycles. The lowest BCUT2D eigenvalue weighted by Gasteiger charge is -2.54. The van der Waals surface area contributed by atoms with Gasteiger partial charge in [0.2, 0.25) is 0 Å². The number of hydrogen-bond donors (Lipinski definition) is 2. The number of hydrogen-bond acceptors (Lipinski definition) is 4. The Morgan fingerprint density at radius 2 is 2.05 bits per heavy atom. The number of aliphatic hydroxyl groups excluding tert-OH is 2. The van der Waals surface area contributed by atoms with Crippen molar-refractivity contribution in [2.24, 2.45) is 16.7 Å². The summed E-state index contributed by atoms with van der Waals surface area (Å²) in [6.45, 7) is 6.40. The number of allylic oxidation sites excluding steroid dienone is 1. The average Bonchev–Trinajstić information content (AvgIpc) is 2.76. The van der Waals surface area contributed by atoms with E-state index in [2.05, 4.69) is 6.58 Å². The first kappa shape index (κ1) is 14.1. The third kappa shape index (κ3) is 1.58. The first-order valence-corrected chi connectivity index (χ1v) is 7.64. The van der Waals surface area contributed by atoms with Gasteiger partial charge < -0.3 is 14.9 Å². The summed E-state index contributed by atoms with van der Waals surface area (Å²) in [5.74, 6) is -0.559. The SMILES string of the molecule is C=C(C)[C@@]12CCC[C@@]3(C(=O)OCC[C@H]3O)[C@@H]1[C@@H](O)CC2. The van der Waals surface area contributed by atoms with Crippen molar-refractivity contribution in [2.45, 2.75) is 57.7 Å². The lowest BCUT2D eigenvalue weighted by atomic mass is 9.51. The van der Waals surface area contributed by atoms with Crippen LogP contribution >= 0.6 is 0 Å². The lowest BCUT2D eigenvalue weighted by molar-refractivity contribution is -0.200. The summed E-state index contributed by atoms with van der Waals surface area (Å²) in [4.78, 5) is 12.5. The summed E-state index contributed by atoms with van der Waals surface area (Å²) >= 11 is 0. The van der Waals surface area contributed by atoms with Crippen LogP contribution in [0.2, 0.25) is 0 Å². The number of aliphatic hydroxyl groups is 2. The molecule has 3 aliphatic rings. The Morgan fingerprint density at radius 3 is 2.70 bits per heavy atom. The molecule has 0 unspecified atom stereocenters. The van der Waals surface area contributed by atoms with E-state index in [1.807, 2.05) is 6.92 Å². The second kappa shape index (κ2) is 4.57. The van der Waals surface area contributed by atoms with Crippen LogP contribution in [-0.2, 0) is 9.53 Å². The first-order valence-electron chi connectivity index (χ1n) is 7.64. The van der Waals surface area contributed by atoms with Gasteiger partial charge in [0.15, 0.2) is 0 Å². The van der Waals surface area contributed by atoms with Crippen LogP contribution in [-0.4, -0.2) is 35.0 Å². The van der Waals surface area contributed by atoms with Gasteiger partial charge in [0, 0.05) is 12.3 Å². The van der Waals surface area contributed by atoms with E-state index < -0.39 is 17.6 Å². The van der Waals surface area contributed by atoms with Crippen LogP contribution < -0.4 is 0 Å². The molecule has 0 aromatic rings. The minimum atomic E-state index is -0.925. The zero-order valence-electron chi connectivity index (χ0n) is 12.1. The van der Waals surface area contributed by atoms with Gasteiger partial charge in [0.25, 0.3) is 0 Å². The van der Waals surface area contributed by atoms with E-state index in [1.165, 1.54) is 0 Å². The lowest BCUT2D eigenvalue weighted by Crippen LogP contribution is -2.60. The van der Waals surface area contributed by atoms with Crippen molar-refractivity contribution in [1.29, 1.82) is 0 Å². The van der Waals surface area contributed by atoms with Crippen molar-refractivity contribution >= 4 is 5.97 Å². The van der Waals surface area contributed by atoms with Gasteiger partial charge in [-0.1, -0.05) is 18.6 Å². The van der Waals surface area contributed by atoms with E-state index in [0.717, 1.165) is 24.8 Å². The monoisotopic (exact) mass is 280 g/mol. The molecule has 0 aromatic carbocycles. The predicted molar refractivity (Wildman–Crippen MR) is 73.8 cm³/mol. The maximum Gasteiger partial charge on any atom is 0.315 e. The summed E-state index contributed by atoms with van der Waals surface area (Å²) in [7, 11) is 0. The zero-order valence-corrected chi connectivity index (χ0v) is 12.1. The van der Waals surface area contributed by atoms with E-state index in [9.17, 15) is 15.0 Å². The Morgan fingerprint density at radius 1 is 1.30 bits per heavy atom. The van der Waals surface area contributed by atoms with Crippen LogP contribution in [0.4, 0.5) is 0 Å². The molecule has 1 aliphatic heterocycles. The zero-order chi connectivity index (χ0) is 14.5. The maximum absolute atomic E-state index is 12.5. The average molecular weight is 280 g/mol. The number of fused-ring (bicyclic) bond motifs is 2. The highest BCUT2D eigenvalue weighted by molar-refractivity contribution is 5.79. The van der Waals surface area contributed by atoms with Crippen LogP contribution in [0.15, 0.2) is 12.2 Å². The summed E-state index contributed by atoms with van der Waals surface area (Å²) in [5.41, 5.74) is -0.107. The van der Waals surface area contributed by atoms with Crippen LogP contribution in [0.1, 0.15) is 45.4 Å². The molecule has 1 saturated heterocycles. The molecular formula is C16H24O4. The minimum Gasteiger partial charge on any atom is -0.465 e. The molecular weight excluding hydrogens is 256 g/mol. The summed E-state index contributed by atoms with van der Waals surface area (Å²) in [5, 5.41) is 21.1. The number of carbonyl (C=O) groups excluding carboxylic acids is 1. The number of esters is 1. The Kier molecular flexibility index (Phi) is 3.22. The normalized spacial score (nSPS) is 48.0. The van der Waals surface area contributed by atoms with Crippen LogP contribution in [0.25, 0.3) is 0 Å². The second-order valence-corrected chi connectivity index (χ2v) is 6.85. The fourth-order valence-electron chi connectivity index (χ4n) is 5.15. The van der Waals surface area contributed by atoms with Gasteiger partial charge in [-0.25, -0.2) is 0 Å². The molecule has 20 heavy (non-hydrogen) atoms.